The lowest BCUT2D eigenvalue weighted by Gasteiger charge is -2.24. The molecule has 1 rings (SSSR count). The number of hydrogen-bond donors (Lipinski definition) is 3. The smallest absolute Gasteiger partial charge is 0.407 e. The molecule has 2 atom stereocenters. The van der Waals surface area contributed by atoms with E-state index in [1.165, 1.54) is 0 Å². The monoisotopic (exact) mass is 357 g/mol. The molecule has 0 unspecified atom stereocenters. The van der Waals surface area contributed by atoms with Gasteiger partial charge in [0.15, 0.2) is 0 Å². The average Bonchev–Trinajstić information content (AvgIpc) is 2.96. The lowest BCUT2D eigenvalue weighted by molar-refractivity contribution is -0.140. The molecular formula is C17H31N3O5. The third-order valence-electron chi connectivity index (χ3n) is 4.03. The Labute approximate surface area is 149 Å². The Balaban J connectivity index is 2.57. The minimum absolute atomic E-state index is 0.0318. The number of ether oxygens (including phenoxy) is 1. The van der Waals surface area contributed by atoms with Crippen LogP contribution in [0.4, 0.5) is 4.79 Å². The van der Waals surface area contributed by atoms with E-state index in [1.54, 1.807) is 31.2 Å². The Hall–Kier alpha value is -1.83. The molecule has 0 spiro atoms. The minimum atomic E-state index is -0.568. The van der Waals surface area contributed by atoms with Gasteiger partial charge in [-0.3, -0.25) is 14.8 Å². The number of nitrogens with one attached hydrogen (secondary N) is 2. The van der Waals surface area contributed by atoms with Gasteiger partial charge in [0, 0.05) is 25.4 Å². The molecule has 0 aromatic carbocycles. The number of likely N-dealkylation sites (tertiary alicyclic amines) is 1. The topological polar surface area (TPSA) is 108 Å². The van der Waals surface area contributed by atoms with Gasteiger partial charge in [-0.25, -0.2) is 10.3 Å². The van der Waals surface area contributed by atoms with Crippen LogP contribution in [-0.2, 0) is 14.3 Å². The fourth-order valence-corrected chi connectivity index (χ4v) is 2.84. The molecular weight excluding hydrogens is 326 g/mol. The van der Waals surface area contributed by atoms with E-state index in [2.05, 4.69) is 5.32 Å². The van der Waals surface area contributed by atoms with Crippen molar-refractivity contribution in [3.63, 3.8) is 0 Å². The highest BCUT2D eigenvalue weighted by Crippen LogP contribution is 2.20. The first-order valence-corrected chi connectivity index (χ1v) is 8.87. The molecule has 1 aliphatic heterocycles. The molecule has 1 aliphatic rings. The maximum atomic E-state index is 12.7. The molecule has 1 fully saturated rings. The van der Waals surface area contributed by atoms with Crippen LogP contribution in [0.15, 0.2) is 0 Å². The third-order valence-corrected chi connectivity index (χ3v) is 4.03. The molecule has 1 saturated heterocycles. The lowest BCUT2D eigenvalue weighted by Crippen LogP contribution is -2.42. The van der Waals surface area contributed by atoms with Crippen molar-refractivity contribution in [2.24, 2.45) is 5.92 Å². The molecule has 0 radical (unpaired) electrons. The van der Waals surface area contributed by atoms with Crippen molar-refractivity contribution in [3.05, 3.63) is 0 Å². The largest absolute Gasteiger partial charge is 0.444 e. The van der Waals surface area contributed by atoms with Crippen LogP contribution in [0.3, 0.4) is 0 Å². The molecule has 0 aliphatic carbocycles. The zero-order valence-electron chi connectivity index (χ0n) is 15.6. The molecule has 144 valence electrons. The summed E-state index contributed by atoms with van der Waals surface area (Å²) < 4.78 is 5.23. The van der Waals surface area contributed by atoms with Crippen LogP contribution in [0.5, 0.6) is 0 Å². The van der Waals surface area contributed by atoms with Crippen LogP contribution in [0.25, 0.3) is 0 Å². The van der Waals surface area contributed by atoms with Gasteiger partial charge in [-0.05, 0) is 33.6 Å². The van der Waals surface area contributed by atoms with Gasteiger partial charge in [-0.15, -0.1) is 0 Å². The van der Waals surface area contributed by atoms with Gasteiger partial charge in [0.1, 0.15) is 5.60 Å². The predicted molar refractivity (Wildman–Crippen MR) is 91.9 cm³/mol. The summed E-state index contributed by atoms with van der Waals surface area (Å²) in [5.74, 6) is -1.12. The lowest BCUT2D eigenvalue weighted by atomic mass is 9.96. The maximum Gasteiger partial charge on any atom is 0.407 e. The Kier molecular flexibility index (Phi) is 8.15. The number of alkyl carbamates (subject to hydrolysis) is 1. The summed E-state index contributed by atoms with van der Waals surface area (Å²) in [5.41, 5.74) is 1.02. The number of amides is 3. The third kappa shape index (κ3) is 7.72. The van der Waals surface area contributed by atoms with Gasteiger partial charge in [-0.2, -0.15) is 0 Å². The second-order valence-corrected chi connectivity index (χ2v) is 7.49. The van der Waals surface area contributed by atoms with E-state index in [1.807, 2.05) is 6.92 Å². The molecule has 0 bridgehead atoms. The summed E-state index contributed by atoms with van der Waals surface area (Å²) >= 11 is 0. The van der Waals surface area contributed by atoms with Crippen molar-refractivity contribution in [1.82, 2.24) is 15.7 Å². The molecule has 3 amide bonds. The Morgan fingerprint density at radius 3 is 2.56 bits per heavy atom. The number of rotatable bonds is 7. The van der Waals surface area contributed by atoms with Crippen LogP contribution >= 0.6 is 0 Å². The second kappa shape index (κ2) is 9.60. The molecule has 8 heteroatoms. The Morgan fingerprint density at radius 2 is 2.00 bits per heavy atom. The van der Waals surface area contributed by atoms with Gasteiger partial charge >= 0.3 is 6.09 Å². The highest BCUT2D eigenvalue weighted by atomic mass is 16.6. The fraction of sp³-hybridized carbons (Fsp3) is 0.824. The van der Waals surface area contributed by atoms with Gasteiger partial charge in [0.05, 0.1) is 6.04 Å². The van der Waals surface area contributed by atoms with Crippen molar-refractivity contribution < 1.29 is 24.3 Å². The van der Waals surface area contributed by atoms with E-state index < -0.39 is 23.5 Å². The summed E-state index contributed by atoms with van der Waals surface area (Å²) in [6, 6.07) is -0.155. The summed E-state index contributed by atoms with van der Waals surface area (Å²) in [6.45, 7) is 8.33. The standard InChI is InChI=1S/C17H31N3O5/c1-5-6-7-12(10-14(21)19-24)15(22)20-9-8-13(11-20)18-16(23)25-17(2,3)4/h12-13,24H,5-11H2,1-4H3,(H,18,23)(H,19,21)/t12-,13+/m1/s1. The highest BCUT2D eigenvalue weighted by Gasteiger charge is 2.33. The molecule has 0 saturated carbocycles. The first kappa shape index (κ1) is 21.2. The summed E-state index contributed by atoms with van der Waals surface area (Å²) in [6.07, 6.45) is 2.49. The van der Waals surface area contributed by atoms with Gasteiger partial charge in [0.25, 0.3) is 0 Å². The van der Waals surface area contributed by atoms with Gasteiger partial charge in [-0.1, -0.05) is 19.8 Å². The van der Waals surface area contributed by atoms with Gasteiger partial charge < -0.3 is 15.0 Å². The predicted octanol–water partition coefficient (Wildman–Crippen LogP) is 1.81. The molecule has 1 heterocycles. The van der Waals surface area contributed by atoms with Crippen LogP contribution in [0, 0.1) is 5.92 Å². The van der Waals surface area contributed by atoms with Crippen molar-refractivity contribution >= 4 is 17.9 Å². The van der Waals surface area contributed by atoms with Crippen LogP contribution in [0.2, 0.25) is 0 Å². The van der Waals surface area contributed by atoms with Crippen molar-refractivity contribution in [3.8, 4) is 0 Å². The zero-order valence-corrected chi connectivity index (χ0v) is 15.6. The van der Waals surface area contributed by atoms with Crippen LogP contribution in [-0.4, -0.2) is 52.7 Å². The number of hydrogen-bond acceptors (Lipinski definition) is 5. The first-order valence-electron chi connectivity index (χ1n) is 8.87. The van der Waals surface area contributed by atoms with E-state index >= 15 is 0 Å². The molecule has 0 aromatic heterocycles. The van der Waals surface area contributed by atoms with Crippen molar-refractivity contribution in [1.29, 1.82) is 0 Å². The second-order valence-electron chi connectivity index (χ2n) is 7.49. The SMILES string of the molecule is CCCC[C@H](CC(=O)NO)C(=O)N1CC[C@H](NC(=O)OC(C)(C)C)C1. The summed E-state index contributed by atoms with van der Waals surface area (Å²) in [7, 11) is 0. The van der Waals surface area contributed by atoms with E-state index in [-0.39, 0.29) is 18.4 Å². The van der Waals surface area contributed by atoms with E-state index in [9.17, 15) is 14.4 Å². The highest BCUT2D eigenvalue weighted by molar-refractivity contribution is 5.85. The number of hydroxylamine groups is 1. The fourth-order valence-electron chi connectivity index (χ4n) is 2.84. The van der Waals surface area contributed by atoms with Crippen molar-refractivity contribution in [2.45, 2.75) is 71.4 Å². The maximum absolute atomic E-state index is 12.7. The van der Waals surface area contributed by atoms with E-state index in [4.69, 9.17) is 9.94 Å². The van der Waals surface area contributed by atoms with Crippen molar-refractivity contribution in [2.75, 3.05) is 13.1 Å². The minimum Gasteiger partial charge on any atom is -0.444 e. The number of carbonyl (C=O) groups excluding carboxylic acids is 3. The quantitative estimate of drug-likeness (QED) is 0.476. The first-order chi connectivity index (χ1) is 11.7. The Morgan fingerprint density at radius 1 is 1.32 bits per heavy atom. The average molecular weight is 357 g/mol. The van der Waals surface area contributed by atoms with E-state index in [0.29, 0.717) is 25.9 Å². The summed E-state index contributed by atoms with van der Waals surface area (Å²) in [5, 5.41) is 11.5. The number of unbranched alkanes of at least 4 members (excludes halogenated alkanes) is 1. The van der Waals surface area contributed by atoms with Crippen LogP contribution in [0.1, 0.15) is 59.8 Å². The molecule has 25 heavy (non-hydrogen) atoms. The normalized spacial score (nSPS) is 18.6. The summed E-state index contributed by atoms with van der Waals surface area (Å²) in [4.78, 5) is 37.6. The van der Waals surface area contributed by atoms with Crippen LogP contribution < -0.4 is 10.8 Å². The molecule has 8 nitrogen and oxygen atoms in total. The number of carbonyl (C=O) groups is 3. The zero-order chi connectivity index (χ0) is 19.0. The molecule has 0 aromatic rings. The van der Waals surface area contributed by atoms with Gasteiger partial charge in [0.2, 0.25) is 11.8 Å². The Bertz CT molecular complexity index is 475. The molecule has 3 N–H and O–H groups in total. The van der Waals surface area contributed by atoms with E-state index in [0.717, 1.165) is 12.8 Å². The number of nitrogens with zero attached hydrogens (tertiary/aromatic N) is 1.